The molecule has 2 unspecified atom stereocenters. The number of rotatable bonds is 2. The number of aliphatic hydroxyl groups excluding tert-OH is 1. The van der Waals surface area contributed by atoms with Crippen LogP contribution in [0.5, 0.6) is 0 Å². The van der Waals surface area contributed by atoms with E-state index in [9.17, 15) is 9.90 Å². The molecule has 1 rings (SSSR count). The van der Waals surface area contributed by atoms with Gasteiger partial charge in [0.25, 0.3) is 0 Å². The highest BCUT2D eigenvalue weighted by molar-refractivity contribution is 5.82. The van der Waals surface area contributed by atoms with Gasteiger partial charge in [0, 0.05) is 18.0 Å². The van der Waals surface area contributed by atoms with Crippen molar-refractivity contribution in [3.05, 3.63) is 0 Å². The van der Waals surface area contributed by atoms with Gasteiger partial charge in [0.1, 0.15) is 0 Å². The van der Waals surface area contributed by atoms with Gasteiger partial charge in [-0.05, 0) is 26.2 Å². The maximum absolute atomic E-state index is 12.1. The molecule has 1 N–H and O–H groups in total. The van der Waals surface area contributed by atoms with Gasteiger partial charge in [-0.2, -0.15) is 0 Å². The molecule has 0 spiro atoms. The Hall–Kier alpha value is -0.570. The average molecular weight is 213 g/mol. The number of hydrogen-bond acceptors (Lipinski definition) is 2. The molecule has 1 amide bonds. The lowest BCUT2D eigenvalue weighted by molar-refractivity contribution is -0.140. The van der Waals surface area contributed by atoms with E-state index in [-0.39, 0.29) is 23.5 Å². The van der Waals surface area contributed by atoms with Gasteiger partial charge in [-0.3, -0.25) is 4.79 Å². The maximum atomic E-state index is 12.1. The molecule has 0 aromatic rings. The summed E-state index contributed by atoms with van der Waals surface area (Å²) in [7, 11) is 0. The zero-order valence-electron chi connectivity index (χ0n) is 10.3. The molecule has 1 saturated heterocycles. The van der Waals surface area contributed by atoms with E-state index in [0.717, 1.165) is 19.4 Å². The van der Waals surface area contributed by atoms with Gasteiger partial charge in [-0.1, -0.05) is 20.8 Å². The summed E-state index contributed by atoms with van der Waals surface area (Å²) < 4.78 is 0. The highest BCUT2D eigenvalue weighted by atomic mass is 16.3. The quantitative estimate of drug-likeness (QED) is 0.759. The summed E-state index contributed by atoms with van der Waals surface area (Å²) in [4.78, 5) is 14.1. The van der Waals surface area contributed by atoms with Crippen molar-refractivity contribution in [1.29, 1.82) is 0 Å². The molecule has 15 heavy (non-hydrogen) atoms. The van der Waals surface area contributed by atoms with Crippen molar-refractivity contribution in [3.63, 3.8) is 0 Å². The lowest BCUT2D eigenvalue weighted by Crippen LogP contribution is -2.43. The predicted octanol–water partition coefficient (Wildman–Crippen LogP) is 1.79. The summed E-state index contributed by atoms with van der Waals surface area (Å²) in [5.41, 5.74) is -0.304. The van der Waals surface area contributed by atoms with Crippen molar-refractivity contribution < 1.29 is 9.90 Å². The van der Waals surface area contributed by atoms with Crippen molar-refractivity contribution in [1.82, 2.24) is 4.90 Å². The van der Waals surface area contributed by atoms with E-state index in [1.165, 1.54) is 0 Å². The van der Waals surface area contributed by atoms with E-state index in [1.807, 2.05) is 25.7 Å². The minimum Gasteiger partial charge on any atom is -0.393 e. The molecule has 0 radical (unpaired) electrons. The van der Waals surface area contributed by atoms with Crippen molar-refractivity contribution in [3.8, 4) is 0 Å². The van der Waals surface area contributed by atoms with Crippen LogP contribution >= 0.6 is 0 Å². The third-order valence-corrected chi connectivity index (χ3v) is 2.89. The number of likely N-dealkylation sites (tertiary alicyclic amines) is 1. The van der Waals surface area contributed by atoms with Crippen LogP contribution in [-0.4, -0.2) is 34.6 Å². The standard InChI is InChI=1S/C12H23NO2/c1-9(14)8-10-6-5-7-13(10)11(15)12(2,3)4/h9-10,14H,5-8H2,1-4H3. The van der Waals surface area contributed by atoms with E-state index >= 15 is 0 Å². The van der Waals surface area contributed by atoms with E-state index < -0.39 is 0 Å². The second kappa shape index (κ2) is 4.52. The highest BCUT2D eigenvalue weighted by Crippen LogP contribution is 2.27. The van der Waals surface area contributed by atoms with Crippen molar-refractivity contribution in [2.24, 2.45) is 5.41 Å². The molecule has 1 aliphatic heterocycles. The largest absolute Gasteiger partial charge is 0.393 e. The molecule has 0 aromatic heterocycles. The van der Waals surface area contributed by atoms with Crippen LogP contribution in [0.3, 0.4) is 0 Å². The Bertz CT molecular complexity index is 230. The Morgan fingerprint density at radius 2 is 2.13 bits per heavy atom. The SMILES string of the molecule is CC(O)CC1CCCN1C(=O)C(C)(C)C. The van der Waals surface area contributed by atoms with Crippen molar-refractivity contribution >= 4 is 5.91 Å². The van der Waals surface area contributed by atoms with Crippen molar-refractivity contribution in [2.45, 2.75) is 59.1 Å². The first-order valence-corrected chi connectivity index (χ1v) is 5.81. The van der Waals surface area contributed by atoms with Crippen LogP contribution in [0, 0.1) is 5.41 Å². The van der Waals surface area contributed by atoms with Gasteiger partial charge in [-0.25, -0.2) is 0 Å². The number of aliphatic hydroxyl groups is 1. The Balaban J connectivity index is 2.64. The monoisotopic (exact) mass is 213 g/mol. The summed E-state index contributed by atoms with van der Waals surface area (Å²) in [5, 5.41) is 9.38. The zero-order valence-corrected chi connectivity index (χ0v) is 10.3. The fourth-order valence-electron chi connectivity index (χ4n) is 2.17. The molecule has 0 aromatic carbocycles. The number of hydrogen-bond donors (Lipinski definition) is 1. The molecule has 2 atom stereocenters. The summed E-state index contributed by atoms with van der Waals surface area (Å²) in [5.74, 6) is 0.214. The molecule has 0 aliphatic carbocycles. The first-order chi connectivity index (χ1) is 6.82. The molecule has 1 fully saturated rings. The molecule has 0 bridgehead atoms. The lowest BCUT2D eigenvalue weighted by Gasteiger charge is -2.31. The summed E-state index contributed by atoms with van der Waals surface area (Å²) in [6, 6.07) is 0.247. The molecule has 1 heterocycles. The van der Waals surface area contributed by atoms with Crippen LogP contribution < -0.4 is 0 Å². The third-order valence-electron chi connectivity index (χ3n) is 2.89. The van der Waals surface area contributed by atoms with E-state index in [1.54, 1.807) is 6.92 Å². The molecule has 3 nitrogen and oxygen atoms in total. The van der Waals surface area contributed by atoms with Crippen LogP contribution in [0.4, 0.5) is 0 Å². The van der Waals surface area contributed by atoms with E-state index in [0.29, 0.717) is 6.42 Å². The molecule has 3 heteroatoms. The summed E-state index contributed by atoms with van der Waals surface area (Å²) in [6.45, 7) is 8.50. The number of carbonyl (C=O) groups excluding carboxylic acids is 1. The van der Waals surface area contributed by atoms with Gasteiger partial charge in [0.2, 0.25) is 5.91 Å². The number of carbonyl (C=O) groups is 1. The maximum Gasteiger partial charge on any atom is 0.228 e. The molecule has 1 aliphatic rings. The smallest absolute Gasteiger partial charge is 0.228 e. The minimum absolute atomic E-state index is 0.214. The van der Waals surface area contributed by atoms with Gasteiger partial charge in [-0.15, -0.1) is 0 Å². The first kappa shape index (κ1) is 12.5. The molecule has 88 valence electrons. The van der Waals surface area contributed by atoms with Crippen LogP contribution in [-0.2, 0) is 4.79 Å². The van der Waals surface area contributed by atoms with Gasteiger partial charge in [0.05, 0.1) is 6.10 Å². The first-order valence-electron chi connectivity index (χ1n) is 5.81. The van der Waals surface area contributed by atoms with Crippen LogP contribution in [0.1, 0.15) is 47.0 Å². The Labute approximate surface area is 92.5 Å². The minimum atomic E-state index is -0.316. The van der Waals surface area contributed by atoms with E-state index in [4.69, 9.17) is 0 Å². The second-order valence-electron chi connectivity index (χ2n) is 5.63. The molecular weight excluding hydrogens is 190 g/mol. The van der Waals surface area contributed by atoms with Gasteiger partial charge in [0.15, 0.2) is 0 Å². The highest BCUT2D eigenvalue weighted by Gasteiger charge is 2.35. The summed E-state index contributed by atoms with van der Waals surface area (Å²) in [6.07, 6.45) is 2.50. The Morgan fingerprint density at radius 3 is 2.60 bits per heavy atom. The van der Waals surface area contributed by atoms with Crippen molar-refractivity contribution in [2.75, 3.05) is 6.54 Å². The fraction of sp³-hybridized carbons (Fsp3) is 0.917. The molecular formula is C12H23NO2. The van der Waals surface area contributed by atoms with Crippen LogP contribution in [0.25, 0.3) is 0 Å². The Morgan fingerprint density at radius 1 is 1.53 bits per heavy atom. The zero-order chi connectivity index (χ0) is 11.6. The molecule has 0 saturated carbocycles. The van der Waals surface area contributed by atoms with Gasteiger partial charge >= 0.3 is 0 Å². The topological polar surface area (TPSA) is 40.5 Å². The average Bonchev–Trinajstić information content (AvgIpc) is 2.48. The summed E-state index contributed by atoms with van der Waals surface area (Å²) >= 11 is 0. The van der Waals surface area contributed by atoms with Crippen LogP contribution in [0.15, 0.2) is 0 Å². The third kappa shape index (κ3) is 3.20. The number of nitrogens with zero attached hydrogens (tertiary/aromatic N) is 1. The van der Waals surface area contributed by atoms with Crippen LogP contribution in [0.2, 0.25) is 0 Å². The second-order valence-corrected chi connectivity index (χ2v) is 5.63. The lowest BCUT2D eigenvalue weighted by atomic mass is 9.94. The normalized spacial score (nSPS) is 24.3. The van der Waals surface area contributed by atoms with E-state index in [2.05, 4.69) is 0 Å². The number of amides is 1. The predicted molar refractivity (Wildman–Crippen MR) is 60.5 cm³/mol. The Kier molecular flexibility index (Phi) is 3.77. The fourth-order valence-corrected chi connectivity index (χ4v) is 2.17. The van der Waals surface area contributed by atoms with Gasteiger partial charge < -0.3 is 10.0 Å².